The van der Waals surface area contributed by atoms with Crippen LogP contribution < -0.4 is 5.73 Å². The fourth-order valence-corrected chi connectivity index (χ4v) is 3.42. The van der Waals surface area contributed by atoms with E-state index in [1.54, 1.807) is 6.92 Å². The maximum absolute atomic E-state index is 13.1. The van der Waals surface area contributed by atoms with Crippen molar-refractivity contribution in [2.45, 2.75) is 12.7 Å². The zero-order chi connectivity index (χ0) is 13.8. The minimum absolute atomic E-state index is 0.0646. The Labute approximate surface area is 106 Å². The number of halogens is 1. The molecule has 1 aromatic carbocycles. The highest BCUT2D eigenvalue weighted by Gasteiger charge is 2.18. The number of sulfone groups is 1. The molecule has 98 valence electrons. The first-order valence-corrected chi connectivity index (χ1v) is 7.29. The summed E-state index contributed by atoms with van der Waals surface area (Å²) in [5.74, 6) is -1.11. The Morgan fingerprint density at radius 3 is 2.72 bits per heavy atom. The van der Waals surface area contributed by atoms with Crippen molar-refractivity contribution in [2.24, 2.45) is 11.7 Å². The molecule has 0 aliphatic rings. The second kappa shape index (κ2) is 5.94. The third kappa shape index (κ3) is 4.09. The summed E-state index contributed by atoms with van der Waals surface area (Å²) < 4.78 is 36.8. The van der Waals surface area contributed by atoms with Crippen molar-refractivity contribution in [3.05, 3.63) is 35.1 Å². The Morgan fingerprint density at radius 2 is 2.17 bits per heavy atom. The van der Waals surface area contributed by atoms with Crippen LogP contribution in [0.25, 0.3) is 0 Å². The van der Waals surface area contributed by atoms with Crippen molar-refractivity contribution >= 4 is 9.84 Å². The predicted molar refractivity (Wildman–Crippen MR) is 66.8 cm³/mol. The molecular formula is C12H15FN2O2S. The van der Waals surface area contributed by atoms with Gasteiger partial charge in [0.15, 0.2) is 9.84 Å². The molecule has 0 bridgehead atoms. The summed E-state index contributed by atoms with van der Waals surface area (Å²) in [5, 5.41) is 8.85. The van der Waals surface area contributed by atoms with Crippen molar-refractivity contribution in [1.82, 2.24) is 0 Å². The number of hydrogen-bond donors (Lipinski definition) is 1. The molecule has 1 aromatic rings. The largest absolute Gasteiger partial charge is 0.330 e. The molecule has 0 saturated heterocycles. The fraction of sp³-hybridized carbons (Fsp3) is 0.417. The second-order valence-corrected chi connectivity index (χ2v) is 6.42. The summed E-state index contributed by atoms with van der Waals surface area (Å²) in [6.45, 7) is 2.00. The monoisotopic (exact) mass is 270 g/mol. The van der Waals surface area contributed by atoms with E-state index in [1.807, 2.05) is 6.07 Å². The lowest BCUT2D eigenvalue weighted by Gasteiger charge is -2.10. The van der Waals surface area contributed by atoms with Gasteiger partial charge in [-0.25, -0.2) is 12.8 Å². The summed E-state index contributed by atoms with van der Waals surface area (Å²) >= 11 is 0. The Bertz CT molecular complexity index is 564. The molecule has 2 N–H and O–H groups in total. The summed E-state index contributed by atoms with van der Waals surface area (Å²) in [4.78, 5) is 0. The Kier molecular flexibility index (Phi) is 4.82. The van der Waals surface area contributed by atoms with Crippen LogP contribution in [0.2, 0.25) is 0 Å². The molecular weight excluding hydrogens is 255 g/mol. The molecule has 4 nitrogen and oxygen atoms in total. The lowest BCUT2D eigenvalue weighted by molar-refractivity contribution is 0.572. The van der Waals surface area contributed by atoms with E-state index < -0.39 is 15.7 Å². The topological polar surface area (TPSA) is 84.0 Å². The van der Waals surface area contributed by atoms with Crippen molar-refractivity contribution in [2.75, 3.05) is 12.3 Å². The van der Waals surface area contributed by atoms with Gasteiger partial charge in [-0.05, 0) is 36.2 Å². The van der Waals surface area contributed by atoms with Gasteiger partial charge in [0, 0.05) is 0 Å². The average molecular weight is 270 g/mol. The Hall–Kier alpha value is -1.45. The summed E-state index contributed by atoms with van der Waals surface area (Å²) in [6.07, 6.45) is 0. The van der Waals surface area contributed by atoms with Crippen LogP contribution >= 0.6 is 0 Å². The minimum atomic E-state index is -3.39. The third-order valence-electron chi connectivity index (χ3n) is 2.50. The van der Waals surface area contributed by atoms with E-state index in [9.17, 15) is 12.8 Å². The summed E-state index contributed by atoms with van der Waals surface area (Å²) in [6, 6.07) is 5.36. The number of nitriles is 1. The second-order valence-electron chi connectivity index (χ2n) is 4.31. The quantitative estimate of drug-likeness (QED) is 0.871. The van der Waals surface area contributed by atoms with Gasteiger partial charge in [0.05, 0.1) is 23.1 Å². The van der Waals surface area contributed by atoms with E-state index in [4.69, 9.17) is 11.0 Å². The van der Waals surface area contributed by atoms with Gasteiger partial charge in [-0.15, -0.1) is 0 Å². The van der Waals surface area contributed by atoms with Crippen molar-refractivity contribution in [1.29, 1.82) is 5.26 Å². The molecule has 6 heteroatoms. The number of hydrogen-bond acceptors (Lipinski definition) is 4. The molecule has 1 atom stereocenters. The standard InChI is InChI=1S/C12H15FN2O2S/c1-9(5-14)7-18(16,17)8-11-4-12(13)3-2-10(11)6-15/h2-4,9H,5,7-8,14H2,1H3. The van der Waals surface area contributed by atoms with Gasteiger partial charge in [-0.2, -0.15) is 5.26 Å². The van der Waals surface area contributed by atoms with E-state index in [0.29, 0.717) is 0 Å². The SMILES string of the molecule is CC(CN)CS(=O)(=O)Cc1cc(F)ccc1C#N. The highest BCUT2D eigenvalue weighted by Crippen LogP contribution is 2.15. The zero-order valence-corrected chi connectivity index (χ0v) is 10.9. The average Bonchev–Trinajstić information content (AvgIpc) is 2.28. The van der Waals surface area contributed by atoms with Crippen LogP contribution in [-0.2, 0) is 15.6 Å². The summed E-state index contributed by atoms with van der Waals surface area (Å²) in [7, 11) is -3.39. The molecule has 0 amide bonds. The van der Waals surface area contributed by atoms with Crippen LogP contribution in [0.1, 0.15) is 18.1 Å². The van der Waals surface area contributed by atoms with Crippen molar-refractivity contribution in [3.63, 3.8) is 0 Å². The molecule has 18 heavy (non-hydrogen) atoms. The van der Waals surface area contributed by atoms with Gasteiger partial charge in [-0.3, -0.25) is 0 Å². The molecule has 0 fully saturated rings. The van der Waals surface area contributed by atoms with Gasteiger partial charge >= 0.3 is 0 Å². The van der Waals surface area contributed by atoms with Crippen LogP contribution in [0, 0.1) is 23.1 Å². The molecule has 0 spiro atoms. The van der Waals surface area contributed by atoms with Crippen LogP contribution in [0.4, 0.5) is 4.39 Å². The molecule has 1 rings (SSSR count). The predicted octanol–water partition coefficient (Wildman–Crippen LogP) is 1.21. The van der Waals surface area contributed by atoms with E-state index >= 15 is 0 Å². The van der Waals surface area contributed by atoms with Gasteiger partial charge in [0.2, 0.25) is 0 Å². The number of benzene rings is 1. The fourth-order valence-electron chi connectivity index (χ4n) is 1.59. The van der Waals surface area contributed by atoms with Crippen LogP contribution in [-0.4, -0.2) is 20.7 Å². The normalized spacial score (nSPS) is 13.0. The molecule has 1 unspecified atom stereocenters. The van der Waals surface area contributed by atoms with Crippen LogP contribution in [0.5, 0.6) is 0 Å². The maximum Gasteiger partial charge on any atom is 0.154 e. The Balaban J connectivity index is 2.97. The van der Waals surface area contributed by atoms with Gasteiger partial charge in [0.25, 0.3) is 0 Å². The molecule has 0 heterocycles. The van der Waals surface area contributed by atoms with Crippen LogP contribution in [0.3, 0.4) is 0 Å². The van der Waals surface area contributed by atoms with Crippen molar-refractivity contribution < 1.29 is 12.8 Å². The number of nitrogens with zero attached hydrogens (tertiary/aromatic N) is 1. The smallest absolute Gasteiger partial charge is 0.154 e. The zero-order valence-electron chi connectivity index (χ0n) is 10.1. The third-order valence-corrected chi connectivity index (χ3v) is 4.33. The molecule has 0 radical (unpaired) electrons. The van der Waals surface area contributed by atoms with Crippen molar-refractivity contribution in [3.8, 4) is 6.07 Å². The van der Waals surface area contributed by atoms with Crippen LogP contribution in [0.15, 0.2) is 18.2 Å². The molecule has 0 aliphatic carbocycles. The van der Waals surface area contributed by atoms with E-state index in [0.717, 1.165) is 12.1 Å². The van der Waals surface area contributed by atoms with Gasteiger partial charge in [0.1, 0.15) is 5.82 Å². The summed E-state index contributed by atoms with van der Waals surface area (Å²) in [5.41, 5.74) is 5.75. The highest BCUT2D eigenvalue weighted by atomic mass is 32.2. The molecule has 0 aromatic heterocycles. The molecule has 0 aliphatic heterocycles. The van der Waals surface area contributed by atoms with E-state index in [1.165, 1.54) is 6.07 Å². The first kappa shape index (κ1) is 14.6. The van der Waals surface area contributed by atoms with Gasteiger partial charge in [-0.1, -0.05) is 6.92 Å². The number of rotatable bonds is 5. The molecule has 0 saturated carbocycles. The lowest BCUT2D eigenvalue weighted by atomic mass is 10.1. The minimum Gasteiger partial charge on any atom is -0.330 e. The number of nitrogens with two attached hydrogens (primary N) is 1. The van der Waals surface area contributed by atoms with E-state index in [-0.39, 0.29) is 35.1 Å². The van der Waals surface area contributed by atoms with E-state index in [2.05, 4.69) is 0 Å². The maximum atomic E-state index is 13.1. The highest BCUT2D eigenvalue weighted by molar-refractivity contribution is 7.90. The van der Waals surface area contributed by atoms with Gasteiger partial charge < -0.3 is 5.73 Å². The lowest BCUT2D eigenvalue weighted by Crippen LogP contribution is -2.22. The first-order chi connectivity index (χ1) is 8.38. The Morgan fingerprint density at radius 1 is 1.50 bits per heavy atom. The first-order valence-electron chi connectivity index (χ1n) is 5.47.